The Bertz CT molecular complexity index is 446. The monoisotopic (exact) mass is 281 g/mol. The third-order valence-corrected chi connectivity index (χ3v) is 2.30. The summed E-state index contributed by atoms with van der Waals surface area (Å²) in [7, 11) is 0. The first-order valence-electron chi connectivity index (χ1n) is 6.31. The Morgan fingerprint density at radius 3 is 2.25 bits per heavy atom. The Kier molecular flexibility index (Phi) is 6.14. The highest BCUT2D eigenvalue weighted by atomic mass is 16.6. The number of ether oxygens (including phenoxy) is 2. The number of hydrogen-bond donors (Lipinski definition) is 2. The van der Waals surface area contributed by atoms with E-state index < -0.39 is 24.2 Å². The molecule has 6 heteroatoms. The molecule has 20 heavy (non-hydrogen) atoms. The first-order chi connectivity index (χ1) is 9.40. The van der Waals surface area contributed by atoms with Crippen molar-refractivity contribution in [2.24, 2.45) is 0 Å². The van der Waals surface area contributed by atoms with Crippen molar-refractivity contribution in [3.05, 3.63) is 30.3 Å². The van der Waals surface area contributed by atoms with Gasteiger partial charge in [0.15, 0.2) is 0 Å². The summed E-state index contributed by atoms with van der Waals surface area (Å²) in [5.41, 5.74) is 0. The van der Waals surface area contributed by atoms with Crippen LogP contribution in [0.15, 0.2) is 30.3 Å². The molecule has 0 aliphatic rings. The first-order valence-corrected chi connectivity index (χ1v) is 6.31. The van der Waals surface area contributed by atoms with Crippen LogP contribution in [0, 0.1) is 0 Å². The van der Waals surface area contributed by atoms with Gasteiger partial charge in [0.25, 0.3) is 0 Å². The van der Waals surface area contributed by atoms with Crippen molar-refractivity contribution < 1.29 is 24.2 Å². The Balaban J connectivity index is 2.47. The van der Waals surface area contributed by atoms with Crippen molar-refractivity contribution in [2.75, 3.05) is 0 Å². The zero-order valence-electron chi connectivity index (χ0n) is 11.7. The third-order valence-electron chi connectivity index (χ3n) is 2.30. The summed E-state index contributed by atoms with van der Waals surface area (Å²) < 4.78 is 9.88. The minimum absolute atomic E-state index is 0.264. The predicted octanol–water partition coefficient (Wildman–Crippen LogP) is 0.840. The third kappa shape index (κ3) is 5.38. The van der Waals surface area contributed by atoms with Crippen LogP contribution in [0.5, 0.6) is 5.75 Å². The van der Waals surface area contributed by atoms with Crippen molar-refractivity contribution >= 4 is 11.9 Å². The number of aliphatic hydroxyl groups is 1. The van der Waals surface area contributed by atoms with Gasteiger partial charge in [-0.15, -0.1) is 0 Å². The quantitative estimate of drug-likeness (QED) is 0.456. The second-order valence-corrected chi connectivity index (χ2v) is 4.51. The largest absolute Gasteiger partial charge is 0.462 e. The summed E-state index contributed by atoms with van der Waals surface area (Å²) in [5.74, 6) is -1.12. The maximum atomic E-state index is 11.6. The van der Waals surface area contributed by atoms with Gasteiger partial charge in [-0.05, 0) is 32.9 Å². The molecule has 0 aromatic heterocycles. The first kappa shape index (κ1) is 16.1. The number of benzene rings is 1. The smallest absolute Gasteiger partial charge is 0.355 e. The fourth-order valence-corrected chi connectivity index (χ4v) is 1.37. The maximum absolute atomic E-state index is 11.6. The van der Waals surface area contributed by atoms with Crippen molar-refractivity contribution in [1.29, 1.82) is 0 Å². The van der Waals surface area contributed by atoms with Gasteiger partial charge in [-0.3, -0.25) is 10.1 Å². The van der Waals surface area contributed by atoms with Crippen molar-refractivity contribution in [2.45, 2.75) is 39.1 Å². The van der Waals surface area contributed by atoms with Gasteiger partial charge in [0, 0.05) is 0 Å². The van der Waals surface area contributed by atoms with E-state index in [9.17, 15) is 14.7 Å². The van der Waals surface area contributed by atoms with Crippen LogP contribution in [0.3, 0.4) is 0 Å². The van der Waals surface area contributed by atoms with Crippen LogP contribution >= 0.6 is 0 Å². The van der Waals surface area contributed by atoms with Crippen LogP contribution < -0.4 is 10.1 Å². The van der Waals surface area contributed by atoms with E-state index in [1.54, 1.807) is 44.2 Å². The van der Waals surface area contributed by atoms with Gasteiger partial charge in [-0.25, -0.2) is 4.79 Å². The molecule has 2 N–H and O–H groups in total. The molecule has 1 rings (SSSR count). The van der Waals surface area contributed by atoms with Crippen LogP contribution in [0.2, 0.25) is 0 Å². The number of esters is 2. The molecule has 0 amide bonds. The lowest BCUT2D eigenvalue weighted by Crippen LogP contribution is -2.48. The molecule has 0 saturated heterocycles. The lowest BCUT2D eigenvalue weighted by molar-refractivity contribution is -0.153. The molecule has 2 atom stereocenters. The average Bonchev–Trinajstić information content (AvgIpc) is 2.38. The molecular formula is C14H19NO5. The van der Waals surface area contributed by atoms with E-state index in [0.717, 1.165) is 0 Å². The number of carbonyl (C=O) groups is 2. The van der Waals surface area contributed by atoms with Crippen molar-refractivity contribution in [3.63, 3.8) is 0 Å². The van der Waals surface area contributed by atoms with Crippen molar-refractivity contribution in [1.82, 2.24) is 5.32 Å². The molecule has 6 nitrogen and oxygen atoms in total. The fraction of sp³-hybridized carbons (Fsp3) is 0.429. The van der Waals surface area contributed by atoms with Gasteiger partial charge in [-0.1, -0.05) is 18.2 Å². The zero-order valence-corrected chi connectivity index (χ0v) is 11.7. The normalized spacial score (nSPS) is 13.7. The fourth-order valence-electron chi connectivity index (χ4n) is 1.37. The summed E-state index contributed by atoms with van der Waals surface area (Å²) in [6.07, 6.45) is -1.87. The van der Waals surface area contributed by atoms with Crippen LogP contribution in [-0.4, -0.2) is 35.4 Å². The van der Waals surface area contributed by atoms with Gasteiger partial charge in [0.2, 0.25) is 6.23 Å². The van der Waals surface area contributed by atoms with E-state index in [4.69, 9.17) is 9.47 Å². The Labute approximate surface area is 117 Å². The molecule has 0 aliphatic heterocycles. The highest BCUT2D eigenvalue weighted by Crippen LogP contribution is 2.09. The lowest BCUT2D eigenvalue weighted by atomic mass is 10.3. The average molecular weight is 281 g/mol. The molecule has 0 unspecified atom stereocenters. The molecular weight excluding hydrogens is 262 g/mol. The Morgan fingerprint density at radius 1 is 1.10 bits per heavy atom. The van der Waals surface area contributed by atoms with E-state index in [-0.39, 0.29) is 6.10 Å². The van der Waals surface area contributed by atoms with E-state index >= 15 is 0 Å². The van der Waals surface area contributed by atoms with Gasteiger partial charge in [-0.2, -0.15) is 0 Å². The Morgan fingerprint density at radius 2 is 1.70 bits per heavy atom. The number of nitrogens with one attached hydrogen (secondary N) is 1. The Hall–Kier alpha value is -1.92. The van der Waals surface area contributed by atoms with E-state index in [2.05, 4.69) is 5.32 Å². The van der Waals surface area contributed by atoms with Crippen LogP contribution in [0.1, 0.15) is 20.8 Å². The number of rotatable bonds is 6. The summed E-state index contributed by atoms with van der Waals surface area (Å²) in [6.45, 7) is 4.92. The molecule has 1 aromatic rings. The lowest BCUT2D eigenvalue weighted by Gasteiger charge is -2.18. The number of carbonyl (C=O) groups excluding carboxylic acids is 2. The summed E-state index contributed by atoms with van der Waals surface area (Å²) in [6, 6.07) is 7.52. The van der Waals surface area contributed by atoms with Crippen LogP contribution in [0.4, 0.5) is 0 Å². The topological polar surface area (TPSA) is 84.9 Å². The molecule has 0 saturated carbocycles. The minimum Gasteiger partial charge on any atom is -0.462 e. The molecule has 110 valence electrons. The van der Waals surface area contributed by atoms with E-state index in [1.807, 2.05) is 0 Å². The van der Waals surface area contributed by atoms with E-state index in [1.165, 1.54) is 6.92 Å². The highest BCUT2D eigenvalue weighted by molar-refractivity contribution is 5.79. The van der Waals surface area contributed by atoms with Gasteiger partial charge in [0.05, 0.1) is 6.10 Å². The van der Waals surface area contributed by atoms with Gasteiger partial charge < -0.3 is 14.6 Å². The van der Waals surface area contributed by atoms with Crippen LogP contribution in [0.25, 0.3) is 0 Å². The minimum atomic E-state index is -1.61. The molecule has 0 heterocycles. The van der Waals surface area contributed by atoms with Gasteiger partial charge >= 0.3 is 11.9 Å². The number of hydrogen-bond acceptors (Lipinski definition) is 6. The molecule has 0 aliphatic carbocycles. The van der Waals surface area contributed by atoms with E-state index in [0.29, 0.717) is 5.75 Å². The number of aliphatic hydroxyl groups excluding tert-OH is 1. The molecule has 1 aromatic carbocycles. The molecule has 0 fully saturated rings. The standard InChI is InChI=1S/C14H19NO5/c1-9(2)19-13(17)10(3)15-12(16)14(18)20-11-7-5-4-6-8-11/h4-10,12,15-16H,1-3H3/t10-,12+/m0/s1. The summed E-state index contributed by atoms with van der Waals surface area (Å²) >= 11 is 0. The second-order valence-electron chi connectivity index (χ2n) is 4.51. The van der Waals surface area contributed by atoms with Crippen molar-refractivity contribution in [3.8, 4) is 5.75 Å². The zero-order chi connectivity index (χ0) is 15.1. The number of para-hydroxylation sites is 1. The maximum Gasteiger partial charge on any atom is 0.355 e. The highest BCUT2D eigenvalue weighted by Gasteiger charge is 2.24. The van der Waals surface area contributed by atoms with Gasteiger partial charge in [0.1, 0.15) is 11.8 Å². The van der Waals surface area contributed by atoms with Crippen LogP contribution in [-0.2, 0) is 14.3 Å². The summed E-state index contributed by atoms with van der Waals surface area (Å²) in [4.78, 5) is 23.1. The summed E-state index contributed by atoms with van der Waals surface area (Å²) in [5, 5.41) is 12.1. The second kappa shape index (κ2) is 7.62. The SMILES string of the molecule is CC(C)OC(=O)[C@H](C)N[C@H](O)C(=O)Oc1ccccc1. The predicted molar refractivity (Wildman–Crippen MR) is 71.9 cm³/mol. The molecule has 0 spiro atoms. The molecule has 0 radical (unpaired) electrons. The molecule has 0 bridgehead atoms.